The topological polar surface area (TPSA) is 69.1 Å². The molecule has 2 aromatic rings. The zero-order valence-electron chi connectivity index (χ0n) is 19.7. The molecule has 1 aliphatic rings. The lowest BCUT2D eigenvalue weighted by molar-refractivity contribution is 0.0792. The second-order valence-corrected chi connectivity index (χ2v) is 8.51. The molecule has 0 bridgehead atoms. The van der Waals surface area contributed by atoms with Crippen molar-refractivity contribution in [3.63, 3.8) is 0 Å². The number of aryl methyl sites for hydroxylation is 1. The van der Waals surface area contributed by atoms with Crippen LogP contribution in [0.2, 0.25) is 0 Å². The highest BCUT2D eigenvalue weighted by Gasteiger charge is 2.16. The van der Waals surface area contributed by atoms with E-state index in [1.807, 2.05) is 6.07 Å². The standard InChI is InChI=1S/C26H38N4O2/c1-4-27-26(28-14-11-23-17-20(2)5-10-25(23)32-3)29-18-21-6-8-22(9-7-21)19-30-15-12-24(31)13-16-30/h5-10,17,24,31H,4,11-16,18-19H2,1-3H3,(H2,27,28,29). The van der Waals surface area contributed by atoms with Crippen LogP contribution < -0.4 is 15.4 Å². The Bertz CT molecular complexity index is 859. The van der Waals surface area contributed by atoms with E-state index in [1.54, 1.807) is 7.11 Å². The van der Waals surface area contributed by atoms with Crippen LogP contribution in [-0.2, 0) is 19.5 Å². The minimum atomic E-state index is -0.120. The maximum Gasteiger partial charge on any atom is 0.191 e. The van der Waals surface area contributed by atoms with Gasteiger partial charge in [0.1, 0.15) is 5.75 Å². The van der Waals surface area contributed by atoms with E-state index in [0.29, 0.717) is 6.54 Å². The number of nitrogens with zero attached hydrogens (tertiary/aromatic N) is 2. The third kappa shape index (κ3) is 7.53. The van der Waals surface area contributed by atoms with Crippen molar-refractivity contribution in [1.82, 2.24) is 15.5 Å². The average molecular weight is 439 g/mol. The third-order valence-electron chi connectivity index (χ3n) is 5.87. The van der Waals surface area contributed by atoms with E-state index < -0.39 is 0 Å². The Hall–Kier alpha value is -2.57. The van der Waals surface area contributed by atoms with Gasteiger partial charge in [0.05, 0.1) is 19.8 Å². The van der Waals surface area contributed by atoms with Gasteiger partial charge < -0.3 is 20.5 Å². The fourth-order valence-electron chi connectivity index (χ4n) is 4.02. The van der Waals surface area contributed by atoms with Crippen LogP contribution in [0.4, 0.5) is 0 Å². The summed E-state index contributed by atoms with van der Waals surface area (Å²) >= 11 is 0. The highest BCUT2D eigenvalue weighted by atomic mass is 16.5. The number of hydrogen-bond acceptors (Lipinski definition) is 4. The predicted octanol–water partition coefficient (Wildman–Crippen LogP) is 3.26. The molecule has 1 saturated heterocycles. The highest BCUT2D eigenvalue weighted by Crippen LogP contribution is 2.19. The van der Waals surface area contributed by atoms with Crippen LogP contribution in [0, 0.1) is 6.92 Å². The van der Waals surface area contributed by atoms with Crippen LogP contribution >= 0.6 is 0 Å². The van der Waals surface area contributed by atoms with Gasteiger partial charge in [-0.15, -0.1) is 0 Å². The third-order valence-corrected chi connectivity index (χ3v) is 5.87. The number of methoxy groups -OCH3 is 1. The highest BCUT2D eigenvalue weighted by molar-refractivity contribution is 5.79. The lowest BCUT2D eigenvalue weighted by Gasteiger charge is -2.29. The quantitative estimate of drug-likeness (QED) is 0.414. The van der Waals surface area contributed by atoms with Crippen LogP contribution in [0.15, 0.2) is 47.5 Å². The van der Waals surface area contributed by atoms with Crippen molar-refractivity contribution in [3.05, 3.63) is 64.7 Å². The minimum Gasteiger partial charge on any atom is -0.496 e. The number of benzene rings is 2. The number of likely N-dealkylation sites (tertiary alicyclic amines) is 1. The molecular formula is C26H38N4O2. The Labute approximate surface area is 192 Å². The Morgan fingerprint density at radius 2 is 1.81 bits per heavy atom. The predicted molar refractivity (Wildman–Crippen MR) is 131 cm³/mol. The lowest BCUT2D eigenvalue weighted by Crippen LogP contribution is -2.38. The molecule has 1 aliphatic heterocycles. The second-order valence-electron chi connectivity index (χ2n) is 8.51. The second kappa shape index (κ2) is 12.5. The molecule has 6 heteroatoms. The number of piperidine rings is 1. The summed E-state index contributed by atoms with van der Waals surface area (Å²) in [5, 5.41) is 16.4. The summed E-state index contributed by atoms with van der Waals surface area (Å²) in [5.74, 6) is 1.76. The number of aliphatic imine (C=N–C) groups is 1. The summed E-state index contributed by atoms with van der Waals surface area (Å²) in [6.07, 6.45) is 2.51. The zero-order valence-corrected chi connectivity index (χ0v) is 19.7. The summed E-state index contributed by atoms with van der Waals surface area (Å²) in [7, 11) is 1.72. The van der Waals surface area contributed by atoms with Crippen LogP contribution in [0.1, 0.15) is 42.0 Å². The van der Waals surface area contributed by atoms with Gasteiger partial charge in [-0.05, 0) is 55.9 Å². The van der Waals surface area contributed by atoms with Crippen LogP contribution in [0.25, 0.3) is 0 Å². The zero-order chi connectivity index (χ0) is 22.8. The first-order valence-electron chi connectivity index (χ1n) is 11.7. The number of hydrogen-bond donors (Lipinski definition) is 3. The Kier molecular flexibility index (Phi) is 9.38. The molecule has 32 heavy (non-hydrogen) atoms. The smallest absolute Gasteiger partial charge is 0.191 e. The molecule has 0 aromatic heterocycles. The number of rotatable bonds is 9. The molecule has 1 fully saturated rings. The SMILES string of the molecule is CCNC(=NCc1ccc(CN2CCC(O)CC2)cc1)NCCc1cc(C)ccc1OC. The number of ether oxygens (including phenoxy) is 1. The van der Waals surface area contributed by atoms with Gasteiger partial charge in [-0.3, -0.25) is 4.90 Å². The van der Waals surface area contributed by atoms with Crippen molar-refractivity contribution >= 4 is 5.96 Å². The Balaban J connectivity index is 1.50. The Morgan fingerprint density at radius 1 is 1.09 bits per heavy atom. The minimum absolute atomic E-state index is 0.120. The molecular weight excluding hydrogens is 400 g/mol. The van der Waals surface area contributed by atoms with Crippen LogP contribution in [0.3, 0.4) is 0 Å². The molecule has 0 atom stereocenters. The van der Waals surface area contributed by atoms with Crippen molar-refractivity contribution in [2.24, 2.45) is 4.99 Å². The molecule has 0 aliphatic carbocycles. The molecule has 2 aromatic carbocycles. The van der Waals surface area contributed by atoms with Gasteiger partial charge >= 0.3 is 0 Å². The first-order valence-corrected chi connectivity index (χ1v) is 11.7. The maximum absolute atomic E-state index is 9.66. The van der Waals surface area contributed by atoms with Gasteiger partial charge in [-0.2, -0.15) is 0 Å². The fourth-order valence-corrected chi connectivity index (χ4v) is 4.02. The molecule has 1 heterocycles. The molecule has 3 rings (SSSR count). The summed E-state index contributed by atoms with van der Waals surface area (Å²) < 4.78 is 5.49. The van der Waals surface area contributed by atoms with E-state index in [4.69, 9.17) is 9.73 Å². The van der Waals surface area contributed by atoms with Crippen molar-refractivity contribution in [1.29, 1.82) is 0 Å². The van der Waals surface area contributed by atoms with E-state index in [0.717, 1.165) is 63.7 Å². The van der Waals surface area contributed by atoms with Crippen LogP contribution in [-0.4, -0.2) is 55.4 Å². The molecule has 0 radical (unpaired) electrons. The summed E-state index contributed by atoms with van der Waals surface area (Å²) in [6.45, 7) is 9.32. The monoisotopic (exact) mass is 438 g/mol. The van der Waals surface area contributed by atoms with Crippen molar-refractivity contribution in [2.75, 3.05) is 33.3 Å². The molecule has 0 amide bonds. The number of nitrogens with one attached hydrogen (secondary N) is 2. The largest absolute Gasteiger partial charge is 0.496 e. The van der Waals surface area contributed by atoms with Crippen molar-refractivity contribution < 1.29 is 9.84 Å². The van der Waals surface area contributed by atoms with E-state index in [9.17, 15) is 5.11 Å². The van der Waals surface area contributed by atoms with E-state index >= 15 is 0 Å². The first-order chi connectivity index (χ1) is 15.6. The number of aliphatic hydroxyl groups excluding tert-OH is 1. The average Bonchev–Trinajstić information content (AvgIpc) is 2.80. The van der Waals surface area contributed by atoms with E-state index in [1.165, 1.54) is 22.3 Å². The van der Waals surface area contributed by atoms with Crippen molar-refractivity contribution in [3.8, 4) is 5.75 Å². The van der Waals surface area contributed by atoms with Gasteiger partial charge in [0.25, 0.3) is 0 Å². The number of aliphatic hydroxyl groups is 1. The first kappa shape index (κ1) is 24.1. The van der Waals surface area contributed by atoms with Gasteiger partial charge in [0.15, 0.2) is 5.96 Å². The molecule has 0 spiro atoms. The molecule has 3 N–H and O–H groups in total. The molecule has 6 nitrogen and oxygen atoms in total. The molecule has 0 unspecified atom stereocenters. The summed E-state index contributed by atoms with van der Waals surface area (Å²) in [5.41, 5.74) is 4.95. The lowest BCUT2D eigenvalue weighted by atomic mass is 10.1. The van der Waals surface area contributed by atoms with E-state index in [2.05, 4.69) is 65.8 Å². The van der Waals surface area contributed by atoms with Gasteiger partial charge in [0.2, 0.25) is 0 Å². The van der Waals surface area contributed by atoms with Gasteiger partial charge in [-0.25, -0.2) is 4.99 Å². The normalized spacial score (nSPS) is 15.6. The van der Waals surface area contributed by atoms with Crippen LogP contribution in [0.5, 0.6) is 5.75 Å². The van der Waals surface area contributed by atoms with Crippen molar-refractivity contribution in [2.45, 2.75) is 52.3 Å². The van der Waals surface area contributed by atoms with Gasteiger partial charge in [0, 0.05) is 32.7 Å². The molecule has 174 valence electrons. The van der Waals surface area contributed by atoms with Gasteiger partial charge in [-0.1, -0.05) is 42.0 Å². The maximum atomic E-state index is 9.66. The Morgan fingerprint density at radius 3 is 2.50 bits per heavy atom. The number of guanidine groups is 1. The summed E-state index contributed by atoms with van der Waals surface area (Å²) in [6, 6.07) is 15.0. The van der Waals surface area contributed by atoms with E-state index in [-0.39, 0.29) is 6.10 Å². The molecule has 0 saturated carbocycles. The fraction of sp³-hybridized carbons (Fsp3) is 0.500. The summed E-state index contributed by atoms with van der Waals surface area (Å²) in [4.78, 5) is 7.17.